The van der Waals surface area contributed by atoms with Crippen molar-refractivity contribution in [1.29, 1.82) is 0 Å². The molecule has 0 amide bonds. The predicted octanol–water partition coefficient (Wildman–Crippen LogP) is 5.47. The summed E-state index contributed by atoms with van der Waals surface area (Å²) in [6, 6.07) is 9.48. The predicted molar refractivity (Wildman–Crippen MR) is 113 cm³/mol. The minimum Gasteiger partial charge on any atom is -0.507 e. The number of benzene rings is 2. The molecule has 0 saturated heterocycles. The highest BCUT2D eigenvalue weighted by Crippen LogP contribution is 2.40. The average molecular weight is 395 g/mol. The van der Waals surface area contributed by atoms with E-state index in [1.54, 1.807) is 12.1 Å². The monoisotopic (exact) mass is 395 g/mol. The summed E-state index contributed by atoms with van der Waals surface area (Å²) in [7, 11) is 0. The minimum absolute atomic E-state index is 0.0756. The van der Waals surface area contributed by atoms with Crippen LogP contribution in [0.1, 0.15) is 63.8 Å². The van der Waals surface area contributed by atoms with Gasteiger partial charge in [-0.15, -0.1) is 0 Å². The number of cyclic esters (lactones) is 1. The van der Waals surface area contributed by atoms with E-state index in [-0.39, 0.29) is 28.2 Å². The van der Waals surface area contributed by atoms with Gasteiger partial charge < -0.3 is 9.84 Å². The lowest BCUT2D eigenvalue weighted by atomic mass is 9.78. The molecule has 5 heteroatoms. The molecule has 1 N–H and O–H groups in total. The Morgan fingerprint density at radius 3 is 2.10 bits per heavy atom. The first-order valence-electron chi connectivity index (χ1n) is 9.53. The van der Waals surface area contributed by atoms with Gasteiger partial charge in [0.1, 0.15) is 11.6 Å². The second-order valence-electron chi connectivity index (χ2n) is 9.31. The lowest BCUT2D eigenvalue weighted by molar-refractivity contribution is -0.129. The van der Waals surface area contributed by atoms with Gasteiger partial charge in [0.05, 0.1) is 0 Å². The van der Waals surface area contributed by atoms with Crippen molar-refractivity contribution in [2.24, 2.45) is 4.99 Å². The number of ether oxygens (including phenoxy) is 1. The van der Waals surface area contributed by atoms with E-state index in [2.05, 4.69) is 4.99 Å². The molecule has 1 aliphatic rings. The summed E-state index contributed by atoms with van der Waals surface area (Å²) in [4.78, 5) is 16.6. The summed E-state index contributed by atoms with van der Waals surface area (Å²) in [6.45, 7) is 12.1. The van der Waals surface area contributed by atoms with Crippen LogP contribution in [-0.4, -0.2) is 17.0 Å². The number of aliphatic imine (C=N–C) groups is 1. The minimum atomic E-state index is -0.591. The normalized spacial score (nSPS) is 16.2. The topological polar surface area (TPSA) is 58.9 Å². The van der Waals surface area contributed by atoms with Gasteiger partial charge in [-0.05, 0) is 52.8 Å². The highest BCUT2D eigenvalue weighted by molar-refractivity contribution is 6.12. The van der Waals surface area contributed by atoms with Crippen LogP contribution in [-0.2, 0) is 20.4 Å². The molecule has 1 aliphatic heterocycles. The number of phenols is 1. The fraction of sp³-hybridized carbons (Fsp3) is 0.333. The number of hydrogen-bond acceptors (Lipinski definition) is 4. The molecule has 2 aromatic rings. The lowest BCUT2D eigenvalue weighted by Gasteiger charge is -2.27. The number of nitrogens with zero attached hydrogens (tertiary/aromatic N) is 1. The fourth-order valence-electron chi connectivity index (χ4n) is 3.20. The standard InChI is InChI=1S/C24H26FNO3/c1-23(2,3)17-10-14(11-18(20(17)27)24(4,5)6)12-19-22(28)29-21(26-19)15-8-7-9-16(25)13-15/h7-13,27H,1-6H3/b19-12-. The molecule has 4 nitrogen and oxygen atoms in total. The molecular formula is C24H26FNO3. The van der Waals surface area contributed by atoms with E-state index in [1.807, 2.05) is 53.7 Å². The van der Waals surface area contributed by atoms with Crippen molar-refractivity contribution in [3.05, 3.63) is 70.2 Å². The molecule has 0 aromatic heterocycles. The Labute approximate surface area is 170 Å². The molecule has 0 atom stereocenters. The zero-order chi connectivity index (χ0) is 21.6. The van der Waals surface area contributed by atoms with E-state index in [1.165, 1.54) is 18.2 Å². The number of rotatable bonds is 2. The molecule has 29 heavy (non-hydrogen) atoms. The van der Waals surface area contributed by atoms with Crippen LogP contribution in [0.4, 0.5) is 4.39 Å². The van der Waals surface area contributed by atoms with E-state index in [4.69, 9.17) is 4.74 Å². The third-order valence-electron chi connectivity index (χ3n) is 4.74. The number of esters is 1. The van der Waals surface area contributed by atoms with Crippen molar-refractivity contribution in [2.75, 3.05) is 0 Å². The first-order chi connectivity index (χ1) is 13.4. The van der Waals surface area contributed by atoms with Crippen LogP contribution in [0.3, 0.4) is 0 Å². The number of phenolic OH excluding ortho intramolecular Hbond substituents is 1. The van der Waals surface area contributed by atoms with Gasteiger partial charge in [0.15, 0.2) is 5.70 Å². The average Bonchev–Trinajstić information content (AvgIpc) is 2.95. The molecule has 0 unspecified atom stereocenters. The Kier molecular flexibility index (Phi) is 5.11. The summed E-state index contributed by atoms with van der Waals surface area (Å²) in [5.74, 6) is -0.675. The van der Waals surface area contributed by atoms with Crippen molar-refractivity contribution >= 4 is 17.9 Å². The molecule has 2 aromatic carbocycles. The van der Waals surface area contributed by atoms with Crippen molar-refractivity contribution in [3.63, 3.8) is 0 Å². The molecule has 152 valence electrons. The summed E-state index contributed by atoms with van der Waals surface area (Å²) >= 11 is 0. The van der Waals surface area contributed by atoms with Crippen LogP contribution in [0.15, 0.2) is 47.1 Å². The summed E-state index contributed by atoms with van der Waals surface area (Å²) < 4.78 is 18.7. The van der Waals surface area contributed by atoms with Crippen LogP contribution in [0, 0.1) is 5.82 Å². The molecule has 0 fully saturated rings. The Morgan fingerprint density at radius 1 is 1.00 bits per heavy atom. The third kappa shape index (κ3) is 4.39. The molecule has 1 heterocycles. The van der Waals surface area contributed by atoms with Gasteiger partial charge >= 0.3 is 5.97 Å². The number of halogens is 1. The van der Waals surface area contributed by atoms with Gasteiger partial charge in [-0.2, -0.15) is 0 Å². The Balaban J connectivity index is 2.11. The highest BCUT2D eigenvalue weighted by Gasteiger charge is 2.28. The molecular weight excluding hydrogens is 369 g/mol. The molecule has 0 spiro atoms. The van der Waals surface area contributed by atoms with E-state index in [0.29, 0.717) is 5.56 Å². The fourth-order valence-corrected chi connectivity index (χ4v) is 3.20. The van der Waals surface area contributed by atoms with Gasteiger partial charge in [0.2, 0.25) is 5.90 Å². The molecule has 0 aliphatic carbocycles. The summed E-state index contributed by atoms with van der Waals surface area (Å²) in [6.07, 6.45) is 1.64. The Hall–Kier alpha value is -2.95. The van der Waals surface area contributed by atoms with Gasteiger partial charge in [0, 0.05) is 16.7 Å². The van der Waals surface area contributed by atoms with Crippen LogP contribution in [0.5, 0.6) is 5.75 Å². The SMILES string of the molecule is CC(C)(C)c1cc(/C=C2\N=C(c3cccc(F)c3)OC2=O)cc(C(C)(C)C)c1O. The maximum atomic E-state index is 13.5. The zero-order valence-corrected chi connectivity index (χ0v) is 17.6. The molecule has 3 rings (SSSR count). The Morgan fingerprint density at radius 2 is 1.59 bits per heavy atom. The number of carbonyl (C=O) groups excluding carboxylic acids is 1. The van der Waals surface area contributed by atoms with E-state index in [0.717, 1.165) is 16.7 Å². The van der Waals surface area contributed by atoms with E-state index < -0.39 is 11.8 Å². The molecule has 0 saturated carbocycles. The maximum absolute atomic E-state index is 13.5. The van der Waals surface area contributed by atoms with Gasteiger partial charge in [0.25, 0.3) is 0 Å². The quantitative estimate of drug-likeness (QED) is 0.542. The number of carbonyl (C=O) groups is 1. The van der Waals surface area contributed by atoms with Crippen LogP contribution in [0.2, 0.25) is 0 Å². The number of hydrogen-bond donors (Lipinski definition) is 1. The maximum Gasteiger partial charge on any atom is 0.363 e. The second-order valence-corrected chi connectivity index (χ2v) is 9.31. The van der Waals surface area contributed by atoms with Crippen molar-refractivity contribution in [2.45, 2.75) is 52.4 Å². The van der Waals surface area contributed by atoms with Crippen LogP contribution >= 0.6 is 0 Å². The van der Waals surface area contributed by atoms with E-state index >= 15 is 0 Å². The summed E-state index contributed by atoms with van der Waals surface area (Å²) in [5.41, 5.74) is 2.28. The third-order valence-corrected chi connectivity index (χ3v) is 4.74. The van der Waals surface area contributed by atoms with Crippen molar-refractivity contribution in [3.8, 4) is 5.75 Å². The van der Waals surface area contributed by atoms with Gasteiger partial charge in [-0.3, -0.25) is 0 Å². The molecule has 0 bridgehead atoms. The second kappa shape index (κ2) is 7.14. The van der Waals surface area contributed by atoms with Crippen molar-refractivity contribution < 1.29 is 19.0 Å². The van der Waals surface area contributed by atoms with E-state index in [9.17, 15) is 14.3 Å². The first kappa shape index (κ1) is 20.8. The van der Waals surface area contributed by atoms with Gasteiger partial charge in [-0.25, -0.2) is 14.2 Å². The zero-order valence-electron chi connectivity index (χ0n) is 17.6. The lowest BCUT2D eigenvalue weighted by Crippen LogP contribution is -2.17. The largest absolute Gasteiger partial charge is 0.507 e. The van der Waals surface area contributed by atoms with Crippen LogP contribution < -0.4 is 0 Å². The highest BCUT2D eigenvalue weighted by atomic mass is 19.1. The Bertz CT molecular complexity index is 1000. The van der Waals surface area contributed by atoms with Crippen molar-refractivity contribution in [1.82, 2.24) is 0 Å². The molecule has 0 radical (unpaired) electrons. The smallest absolute Gasteiger partial charge is 0.363 e. The number of aromatic hydroxyl groups is 1. The summed E-state index contributed by atoms with van der Waals surface area (Å²) in [5, 5.41) is 10.8. The first-order valence-corrected chi connectivity index (χ1v) is 9.53. The van der Waals surface area contributed by atoms with Gasteiger partial charge in [-0.1, -0.05) is 47.6 Å². The van der Waals surface area contributed by atoms with Crippen LogP contribution in [0.25, 0.3) is 6.08 Å².